The monoisotopic (exact) mass is 485 g/mol. The molecule has 2 amide bonds. The molecule has 0 saturated carbocycles. The second-order valence-corrected chi connectivity index (χ2v) is 8.79. The van der Waals surface area contributed by atoms with Gasteiger partial charge in [0.25, 0.3) is 11.7 Å². The van der Waals surface area contributed by atoms with Crippen LogP contribution in [0.5, 0.6) is 5.75 Å². The Labute approximate surface area is 209 Å². The van der Waals surface area contributed by atoms with Gasteiger partial charge in [-0.3, -0.25) is 24.3 Å². The lowest BCUT2D eigenvalue weighted by atomic mass is 9.93. The predicted octanol–water partition coefficient (Wildman–Crippen LogP) is 4.80. The fraction of sp³-hybridized carbons (Fsp3) is 0.214. The number of benzene rings is 2. The van der Waals surface area contributed by atoms with Crippen LogP contribution >= 0.6 is 0 Å². The molecular weight excluding hydrogens is 458 g/mol. The molecule has 8 heteroatoms. The smallest absolute Gasteiger partial charge is 0.300 e. The van der Waals surface area contributed by atoms with Crippen LogP contribution in [0.2, 0.25) is 0 Å². The van der Waals surface area contributed by atoms with Crippen molar-refractivity contribution in [3.63, 3.8) is 0 Å². The number of methoxy groups -OCH3 is 1. The molecule has 1 aromatic heterocycles. The Morgan fingerprint density at radius 1 is 1.08 bits per heavy atom. The maximum Gasteiger partial charge on any atom is 0.300 e. The number of aromatic nitrogens is 1. The number of ketones is 1. The third-order valence-corrected chi connectivity index (χ3v) is 6.04. The molecule has 1 unspecified atom stereocenters. The summed E-state index contributed by atoms with van der Waals surface area (Å²) in [7, 11) is 1.57. The molecule has 184 valence electrons. The molecule has 1 aliphatic rings. The van der Waals surface area contributed by atoms with Crippen molar-refractivity contribution in [2.75, 3.05) is 17.3 Å². The van der Waals surface area contributed by atoms with Crippen LogP contribution in [-0.4, -0.2) is 34.8 Å². The van der Waals surface area contributed by atoms with E-state index in [1.807, 2.05) is 13.8 Å². The van der Waals surface area contributed by atoms with Gasteiger partial charge in [0.2, 0.25) is 5.91 Å². The highest BCUT2D eigenvalue weighted by Crippen LogP contribution is 2.43. The van der Waals surface area contributed by atoms with Crippen LogP contribution in [0.4, 0.5) is 11.4 Å². The quantitative estimate of drug-likeness (QED) is 0.295. The van der Waals surface area contributed by atoms with E-state index in [0.29, 0.717) is 28.3 Å². The Morgan fingerprint density at radius 2 is 1.81 bits per heavy atom. The number of amides is 2. The van der Waals surface area contributed by atoms with Gasteiger partial charge in [0.1, 0.15) is 11.5 Å². The number of ether oxygens (including phenoxy) is 1. The topological polar surface area (TPSA) is 109 Å². The Balaban J connectivity index is 1.91. The highest BCUT2D eigenvalue weighted by atomic mass is 16.5. The molecule has 1 atom stereocenters. The maximum atomic E-state index is 13.4. The molecule has 4 rings (SSSR count). The number of anilines is 2. The van der Waals surface area contributed by atoms with E-state index >= 15 is 0 Å². The van der Waals surface area contributed by atoms with Crippen molar-refractivity contribution in [2.45, 2.75) is 32.7 Å². The lowest BCUT2D eigenvalue weighted by Gasteiger charge is -2.26. The summed E-state index contributed by atoms with van der Waals surface area (Å²) < 4.78 is 5.45. The van der Waals surface area contributed by atoms with Gasteiger partial charge >= 0.3 is 0 Å². The summed E-state index contributed by atoms with van der Waals surface area (Å²) in [6, 6.07) is 14.3. The van der Waals surface area contributed by atoms with Gasteiger partial charge in [0, 0.05) is 36.3 Å². The third kappa shape index (κ3) is 4.57. The Kier molecular flexibility index (Phi) is 6.87. The number of carbonyl (C=O) groups excluding carboxylic acids is 3. The van der Waals surface area contributed by atoms with Crippen molar-refractivity contribution in [3.8, 4) is 5.75 Å². The van der Waals surface area contributed by atoms with Gasteiger partial charge in [0.15, 0.2) is 0 Å². The number of nitrogens with zero attached hydrogens (tertiary/aromatic N) is 2. The average Bonchev–Trinajstić information content (AvgIpc) is 3.13. The number of aliphatic hydroxyl groups excluding tert-OH is 1. The van der Waals surface area contributed by atoms with Crippen molar-refractivity contribution in [1.82, 2.24) is 4.98 Å². The van der Waals surface area contributed by atoms with Crippen LogP contribution in [0.1, 0.15) is 49.4 Å². The average molecular weight is 486 g/mol. The fourth-order valence-electron chi connectivity index (χ4n) is 4.39. The Bertz CT molecular complexity index is 1360. The third-order valence-electron chi connectivity index (χ3n) is 6.04. The molecule has 1 saturated heterocycles. The van der Waals surface area contributed by atoms with Crippen LogP contribution in [0.25, 0.3) is 5.76 Å². The number of rotatable bonds is 6. The first-order valence-electron chi connectivity index (χ1n) is 11.5. The number of hydrogen-bond donors (Lipinski definition) is 2. The molecule has 2 N–H and O–H groups in total. The van der Waals surface area contributed by atoms with Gasteiger partial charge in [-0.25, -0.2) is 0 Å². The van der Waals surface area contributed by atoms with E-state index in [9.17, 15) is 19.5 Å². The SMILES string of the molecule is COc1ccc(/C(O)=C2/C(=O)C(=O)N(c3cccc(NC(C)=O)c3)C2c2ccncc2)cc1C(C)C. The number of hydrogen-bond acceptors (Lipinski definition) is 6. The van der Waals surface area contributed by atoms with Crippen LogP contribution in [0, 0.1) is 0 Å². The summed E-state index contributed by atoms with van der Waals surface area (Å²) >= 11 is 0. The lowest BCUT2D eigenvalue weighted by Crippen LogP contribution is -2.29. The van der Waals surface area contributed by atoms with E-state index in [1.165, 1.54) is 11.8 Å². The highest BCUT2D eigenvalue weighted by Gasteiger charge is 2.47. The Morgan fingerprint density at radius 3 is 2.44 bits per heavy atom. The van der Waals surface area contributed by atoms with Crippen LogP contribution in [-0.2, 0) is 14.4 Å². The van der Waals surface area contributed by atoms with E-state index in [0.717, 1.165) is 5.56 Å². The first-order chi connectivity index (χ1) is 17.2. The molecule has 0 bridgehead atoms. The second-order valence-electron chi connectivity index (χ2n) is 8.79. The number of aliphatic hydroxyl groups is 1. The van der Waals surface area contributed by atoms with E-state index in [4.69, 9.17) is 4.74 Å². The van der Waals surface area contributed by atoms with E-state index in [1.54, 1.807) is 74.1 Å². The van der Waals surface area contributed by atoms with Crippen LogP contribution in [0.3, 0.4) is 0 Å². The summed E-state index contributed by atoms with van der Waals surface area (Å²) in [4.78, 5) is 43.7. The molecule has 2 heterocycles. The minimum atomic E-state index is -0.898. The van der Waals surface area contributed by atoms with Crippen molar-refractivity contribution in [2.24, 2.45) is 0 Å². The fourth-order valence-corrected chi connectivity index (χ4v) is 4.39. The minimum absolute atomic E-state index is 0.0315. The minimum Gasteiger partial charge on any atom is -0.507 e. The molecule has 1 fully saturated rings. The summed E-state index contributed by atoms with van der Waals surface area (Å²) in [5, 5.41) is 14.1. The number of carbonyl (C=O) groups is 3. The van der Waals surface area contributed by atoms with Crippen molar-refractivity contribution < 1.29 is 24.2 Å². The predicted molar refractivity (Wildman–Crippen MR) is 137 cm³/mol. The van der Waals surface area contributed by atoms with Crippen LogP contribution < -0.4 is 15.0 Å². The zero-order chi connectivity index (χ0) is 26.0. The standard InChI is InChI=1S/C28H27N3O5/c1-16(2)22-14-19(8-9-23(22)36-4)26(33)24-25(18-10-12-29-13-11-18)31(28(35)27(24)34)21-7-5-6-20(15-21)30-17(3)32/h5-16,25,33H,1-4H3,(H,30,32)/b26-24-. The highest BCUT2D eigenvalue weighted by molar-refractivity contribution is 6.51. The number of nitrogens with one attached hydrogen (secondary N) is 1. The molecule has 2 aromatic carbocycles. The van der Waals surface area contributed by atoms with Gasteiger partial charge in [-0.2, -0.15) is 0 Å². The van der Waals surface area contributed by atoms with E-state index in [-0.39, 0.29) is 23.2 Å². The zero-order valence-electron chi connectivity index (χ0n) is 20.5. The molecule has 0 aliphatic carbocycles. The summed E-state index contributed by atoms with van der Waals surface area (Å²) in [6.07, 6.45) is 3.13. The zero-order valence-corrected chi connectivity index (χ0v) is 20.5. The lowest BCUT2D eigenvalue weighted by molar-refractivity contribution is -0.132. The van der Waals surface area contributed by atoms with E-state index in [2.05, 4.69) is 10.3 Å². The van der Waals surface area contributed by atoms with Gasteiger partial charge in [-0.05, 0) is 65.6 Å². The van der Waals surface area contributed by atoms with Crippen LogP contribution in [0.15, 0.2) is 72.6 Å². The number of Topliss-reactive ketones (excluding diaryl/α,β-unsaturated/α-hetero) is 1. The molecular formula is C28H27N3O5. The first-order valence-corrected chi connectivity index (χ1v) is 11.5. The summed E-state index contributed by atoms with van der Waals surface area (Å²) in [6.45, 7) is 5.38. The number of pyridine rings is 1. The molecule has 36 heavy (non-hydrogen) atoms. The normalized spacial score (nSPS) is 16.9. The molecule has 0 radical (unpaired) electrons. The first kappa shape index (κ1) is 24.7. The van der Waals surface area contributed by atoms with Crippen molar-refractivity contribution in [3.05, 3.63) is 89.3 Å². The van der Waals surface area contributed by atoms with Gasteiger partial charge < -0.3 is 15.2 Å². The van der Waals surface area contributed by atoms with E-state index < -0.39 is 17.7 Å². The Hall–Kier alpha value is -4.46. The van der Waals surface area contributed by atoms with Crippen molar-refractivity contribution in [1.29, 1.82) is 0 Å². The second kappa shape index (κ2) is 10.0. The maximum absolute atomic E-state index is 13.4. The van der Waals surface area contributed by atoms with Crippen molar-refractivity contribution >= 4 is 34.7 Å². The molecule has 0 spiro atoms. The van der Waals surface area contributed by atoms with Gasteiger partial charge in [-0.15, -0.1) is 0 Å². The van der Waals surface area contributed by atoms with Gasteiger partial charge in [0.05, 0.1) is 18.7 Å². The summed E-state index contributed by atoms with van der Waals surface area (Å²) in [5.41, 5.74) is 2.72. The molecule has 3 aromatic rings. The largest absolute Gasteiger partial charge is 0.507 e. The van der Waals surface area contributed by atoms with Gasteiger partial charge in [-0.1, -0.05) is 19.9 Å². The molecule has 1 aliphatic heterocycles. The molecule has 8 nitrogen and oxygen atoms in total. The summed E-state index contributed by atoms with van der Waals surface area (Å²) in [5.74, 6) is -1.36.